The molecule has 124 valence electrons. The summed E-state index contributed by atoms with van der Waals surface area (Å²) in [6, 6.07) is 1.70. The summed E-state index contributed by atoms with van der Waals surface area (Å²) in [6.45, 7) is 0.886. The van der Waals surface area contributed by atoms with Crippen molar-refractivity contribution in [1.82, 2.24) is 29.9 Å². The highest BCUT2D eigenvalue weighted by Gasteiger charge is 2.26. The summed E-state index contributed by atoms with van der Waals surface area (Å²) >= 11 is 5.03. The number of hydrogen-bond acceptors (Lipinski definition) is 5. The molecule has 0 unspecified atom stereocenters. The smallest absolute Gasteiger partial charge is 0.272 e. The average Bonchev–Trinajstić information content (AvgIpc) is 2.98. The van der Waals surface area contributed by atoms with Crippen LogP contribution in [0.4, 0.5) is 0 Å². The summed E-state index contributed by atoms with van der Waals surface area (Å²) in [5, 5.41) is 14.5. The van der Waals surface area contributed by atoms with Crippen molar-refractivity contribution in [2.24, 2.45) is 0 Å². The maximum atomic E-state index is 12.2. The van der Waals surface area contributed by atoms with Crippen molar-refractivity contribution in [1.29, 1.82) is 0 Å². The Hall–Kier alpha value is -2.00. The van der Waals surface area contributed by atoms with Gasteiger partial charge in [-0.1, -0.05) is 0 Å². The molecule has 1 amide bonds. The average molecular weight is 407 g/mol. The Labute approximate surface area is 150 Å². The molecule has 3 aromatic heterocycles. The maximum Gasteiger partial charge on any atom is 0.272 e. The van der Waals surface area contributed by atoms with Gasteiger partial charge in [-0.2, -0.15) is 10.2 Å². The second-order valence-electron chi connectivity index (χ2n) is 5.71. The van der Waals surface area contributed by atoms with Crippen LogP contribution in [-0.4, -0.2) is 30.5 Å². The number of hydrogen-bond donors (Lipinski definition) is 1. The van der Waals surface area contributed by atoms with E-state index in [1.807, 2.05) is 11.6 Å². The van der Waals surface area contributed by atoms with Gasteiger partial charge in [-0.05, 0) is 34.8 Å². The molecule has 3 aromatic rings. The SMILES string of the molecule is O=C(NCc1csc(C2CC2)n1)c1ccn(Cn2cc(Br)cn2)n1. The molecular formula is C15H15BrN6OS. The molecule has 24 heavy (non-hydrogen) atoms. The fraction of sp³-hybridized carbons (Fsp3) is 0.333. The molecule has 1 aliphatic rings. The third kappa shape index (κ3) is 3.57. The Kier molecular flexibility index (Phi) is 4.19. The van der Waals surface area contributed by atoms with E-state index in [0.29, 0.717) is 24.8 Å². The molecule has 1 N–H and O–H groups in total. The van der Waals surface area contributed by atoms with E-state index in [1.54, 1.807) is 39.2 Å². The van der Waals surface area contributed by atoms with Gasteiger partial charge in [0.2, 0.25) is 0 Å². The summed E-state index contributed by atoms with van der Waals surface area (Å²) in [7, 11) is 0. The van der Waals surface area contributed by atoms with E-state index in [-0.39, 0.29) is 5.91 Å². The summed E-state index contributed by atoms with van der Waals surface area (Å²) in [5.41, 5.74) is 1.30. The molecule has 0 radical (unpaired) electrons. The molecule has 0 aromatic carbocycles. The number of aromatic nitrogens is 5. The highest BCUT2D eigenvalue weighted by Crippen LogP contribution is 2.41. The molecule has 0 atom stereocenters. The van der Waals surface area contributed by atoms with E-state index in [9.17, 15) is 4.79 Å². The quantitative estimate of drug-likeness (QED) is 0.682. The fourth-order valence-corrected chi connectivity index (χ4v) is 3.63. The molecule has 0 aliphatic heterocycles. The molecule has 1 aliphatic carbocycles. The molecule has 9 heteroatoms. The maximum absolute atomic E-state index is 12.2. The summed E-state index contributed by atoms with van der Waals surface area (Å²) < 4.78 is 4.30. The minimum absolute atomic E-state index is 0.198. The minimum atomic E-state index is -0.198. The van der Waals surface area contributed by atoms with E-state index in [4.69, 9.17) is 0 Å². The van der Waals surface area contributed by atoms with Gasteiger partial charge in [-0.15, -0.1) is 11.3 Å². The van der Waals surface area contributed by atoms with E-state index in [2.05, 4.69) is 36.4 Å². The Bertz CT molecular complexity index is 865. The highest BCUT2D eigenvalue weighted by atomic mass is 79.9. The largest absolute Gasteiger partial charge is 0.345 e. The topological polar surface area (TPSA) is 77.6 Å². The Morgan fingerprint density at radius 1 is 1.42 bits per heavy atom. The zero-order chi connectivity index (χ0) is 16.5. The molecule has 7 nitrogen and oxygen atoms in total. The lowest BCUT2D eigenvalue weighted by atomic mass is 10.4. The lowest BCUT2D eigenvalue weighted by Crippen LogP contribution is -2.24. The normalized spacial score (nSPS) is 14.0. The van der Waals surface area contributed by atoms with E-state index in [0.717, 1.165) is 10.2 Å². The molecule has 1 fully saturated rings. The number of amides is 1. The Morgan fingerprint density at radius 3 is 3.04 bits per heavy atom. The van der Waals surface area contributed by atoms with Crippen LogP contribution in [0.2, 0.25) is 0 Å². The Morgan fingerprint density at radius 2 is 2.29 bits per heavy atom. The summed E-state index contributed by atoms with van der Waals surface area (Å²) in [5.74, 6) is 0.453. The first kappa shape index (κ1) is 15.5. The Balaban J connectivity index is 1.34. The third-order valence-electron chi connectivity index (χ3n) is 3.69. The van der Waals surface area contributed by atoms with Crippen LogP contribution in [0.25, 0.3) is 0 Å². The first-order valence-corrected chi connectivity index (χ1v) is 9.28. The monoisotopic (exact) mass is 406 g/mol. The van der Waals surface area contributed by atoms with E-state index >= 15 is 0 Å². The first-order chi connectivity index (χ1) is 11.7. The van der Waals surface area contributed by atoms with Gasteiger partial charge >= 0.3 is 0 Å². The van der Waals surface area contributed by atoms with Crippen LogP contribution >= 0.6 is 27.3 Å². The van der Waals surface area contributed by atoms with Gasteiger partial charge in [0.1, 0.15) is 12.4 Å². The van der Waals surface area contributed by atoms with Crippen molar-refractivity contribution >= 4 is 33.2 Å². The molecule has 0 bridgehead atoms. The van der Waals surface area contributed by atoms with Crippen LogP contribution in [0.15, 0.2) is 34.5 Å². The number of nitrogens with one attached hydrogen (secondary N) is 1. The number of thiazole rings is 1. The number of carbonyl (C=O) groups is 1. The third-order valence-corrected chi connectivity index (χ3v) is 5.16. The predicted octanol–water partition coefficient (Wildman–Crippen LogP) is 2.61. The lowest BCUT2D eigenvalue weighted by molar-refractivity contribution is 0.0944. The number of nitrogens with zero attached hydrogens (tertiary/aromatic N) is 5. The van der Waals surface area contributed by atoms with E-state index < -0.39 is 0 Å². The van der Waals surface area contributed by atoms with Gasteiger partial charge < -0.3 is 5.32 Å². The molecule has 0 spiro atoms. The van der Waals surface area contributed by atoms with Gasteiger partial charge in [0, 0.05) is 23.7 Å². The zero-order valence-corrected chi connectivity index (χ0v) is 15.1. The van der Waals surface area contributed by atoms with Crippen LogP contribution in [-0.2, 0) is 13.2 Å². The van der Waals surface area contributed by atoms with Crippen LogP contribution < -0.4 is 5.32 Å². The fourth-order valence-electron chi connectivity index (χ4n) is 2.31. The standard InChI is InChI=1S/C15H15BrN6OS/c16-11-5-18-22(7-11)9-21-4-3-13(20-21)14(23)17-6-12-8-24-15(19-12)10-1-2-10/h3-5,7-8,10H,1-2,6,9H2,(H,17,23). The molecule has 4 rings (SSSR count). The van der Waals surface area contributed by atoms with Crippen molar-refractivity contribution in [3.8, 4) is 0 Å². The second kappa shape index (κ2) is 6.48. The number of carbonyl (C=O) groups excluding carboxylic acids is 1. The van der Waals surface area contributed by atoms with Crippen LogP contribution in [0.5, 0.6) is 0 Å². The van der Waals surface area contributed by atoms with E-state index in [1.165, 1.54) is 17.8 Å². The van der Waals surface area contributed by atoms with Crippen LogP contribution in [0.3, 0.4) is 0 Å². The van der Waals surface area contributed by atoms with Crippen molar-refractivity contribution in [3.05, 3.63) is 50.9 Å². The molecule has 0 saturated heterocycles. The van der Waals surface area contributed by atoms with Crippen molar-refractivity contribution in [3.63, 3.8) is 0 Å². The number of rotatable bonds is 6. The van der Waals surface area contributed by atoms with Crippen molar-refractivity contribution < 1.29 is 4.79 Å². The van der Waals surface area contributed by atoms with Gasteiger partial charge in [0.05, 0.1) is 27.9 Å². The minimum Gasteiger partial charge on any atom is -0.345 e. The second-order valence-corrected chi connectivity index (χ2v) is 7.52. The number of halogens is 1. The van der Waals surface area contributed by atoms with Crippen molar-refractivity contribution in [2.45, 2.75) is 32.0 Å². The molecular weight excluding hydrogens is 392 g/mol. The summed E-state index contributed by atoms with van der Waals surface area (Å²) in [6.07, 6.45) is 7.80. The van der Waals surface area contributed by atoms with Crippen molar-refractivity contribution in [2.75, 3.05) is 0 Å². The molecule has 3 heterocycles. The highest BCUT2D eigenvalue weighted by molar-refractivity contribution is 9.10. The predicted molar refractivity (Wildman–Crippen MR) is 92.8 cm³/mol. The first-order valence-electron chi connectivity index (χ1n) is 7.61. The lowest BCUT2D eigenvalue weighted by Gasteiger charge is -2.02. The van der Waals surface area contributed by atoms with Crippen LogP contribution in [0, 0.1) is 0 Å². The van der Waals surface area contributed by atoms with Crippen LogP contribution in [0.1, 0.15) is 39.9 Å². The van der Waals surface area contributed by atoms with Gasteiger partial charge in [-0.3, -0.25) is 9.48 Å². The zero-order valence-electron chi connectivity index (χ0n) is 12.7. The van der Waals surface area contributed by atoms with Gasteiger partial charge in [-0.25, -0.2) is 9.67 Å². The van der Waals surface area contributed by atoms with Gasteiger partial charge in [0.15, 0.2) is 0 Å². The molecule has 1 saturated carbocycles. The summed E-state index contributed by atoms with van der Waals surface area (Å²) in [4.78, 5) is 16.8. The van der Waals surface area contributed by atoms with Gasteiger partial charge in [0.25, 0.3) is 5.91 Å².